The van der Waals surface area contributed by atoms with E-state index >= 15 is 0 Å². The SMILES string of the molecule is COc1ccccc1NC(=O)c1cc(O)[nH]c(=O)c1. The van der Waals surface area contributed by atoms with E-state index < -0.39 is 11.5 Å². The highest BCUT2D eigenvalue weighted by Gasteiger charge is 2.10. The van der Waals surface area contributed by atoms with Crippen molar-refractivity contribution in [1.29, 1.82) is 0 Å². The van der Waals surface area contributed by atoms with Crippen molar-refractivity contribution >= 4 is 11.6 Å². The smallest absolute Gasteiger partial charge is 0.256 e. The summed E-state index contributed by atoms with van der Waals surface area (Å²) < 4.78 is 5.10. The second-order valence-corrected chi connectivity index (χ2v) is 3.77. The number of aromatic amines is 1. The molecule has 0 bridgehead atoms. The van der Waals surface area contributed by atoms with Crippen LogP contribution in [0.3, 0.4) is 0 Å². The highest BCUT2D eigenvalue weighted by Crippen LogP contribution is 2.23. The minimum Gasteiger partial charge on any atom is -0.495 e. The van der Waals surface area contributed by atoms with Crippen LogP contribution in [0.2, 0.25) is 0 Å². The lowest BCUT2D eigenvalue weighted by molar-refractivity contribution is 0.102. The van der Waals surface area contributed by atoms with E-state index in [2.05, 4.69) is 10.3 Å². The van der Waals surface area contributed by atoms with Crippen molar-refractivity contribution in [3.05, 3.63) is 52.3 Å². The van der Waals surface area contributed by atoms with Gasteiger partial charge in [-0.05, 0) is 12.1 Å². The zero-order valence-corrected chi connectivity index (χ0v) is 10.1. The van der Waals surface area contributed by atoms with E-state index in [1.54, 1.807) is 24.3 Å². The number of carbonyl (C=O) groups excluding carboxylic acids is 1. The van der Waals surface area contributed by atoms with Gasteiger partial charge in [-0.2, -0.15) is 0 Å². The summed E-state index contributed by atoms with van der Waals surface area (Å²) in [4.78, 5) is 25.3. The highest BCUT2D eigenvalue weighted by atomic mass is 16.5. The molecule has 0 unspecified atom stereocenters. The molecule has 0 radical (unpaired) electrons. The summed E-state index contributed by atoms with van der Waals surface area (Å²) in [7, 11) is 1.49. The molecule has 0 aliphatic carbocycles. The van der Waals surface area contributed by atoms with E-state index in [0.717, 1.165) is 6.07 Å². The fraction of sp³-hybridized carbons (Fsp3) is 0.0769. The zero-order chi connectivity index (χ0) is 13.8. The minimum atomic E-state index is -0.551. The Labute approximate surface area is 108 Å². The van der Waals surface area contributed by atoms with Gasteiger partial charge in [0.25, 0.3) is 11.5 Å². The second-order valence-electron chi connectivity index (χ2n) is 3.77. The first kappa shape index (κ1) is 12.7. The van der Waals surface area contributed by atoms with Crippen LogP contribution >= 0.6 is 0 Å². The molecular weight excluding hydrogens is 248 g/mol. The van der Waals surface area contributed by atoms with Crippen molar-refractivity contribution in [2.24, 2.45) is 0 Å². The van der Waals surface area contributed by atoms with E-state index in [1.165, 1.54) is 13.2 Å². The van der Waals surface area contributed by atoms with Gasteiger partial charge in [0.15, 0.2) is 5.88 Å². The molecule has 0 spiro atoms. The summed E-state index contributed by atoms with van der Waals surface area (Å²) in [5, 5.41) is 11.9. The van der Waals surface area contributed by atoms with Gasteiger partial charge in [0.05, 0.1) is 18.4 Å². The average Bonchev–Trinajstić information content (AvgIpc) is 2.38. The third-order valence-electron chi connectivity index (χ3n) is 2.45. The van der Waals surface area contributed by atoms with Crippen LogP contribution in [-0.2, 0) is 0 Å². The van der Waals surface area contributed by atoms with Crippen LogP contribution in [0.15, 0.2) is 41.2 Å². The maximum Gasteiger partial charge on any atom is 0.256 e. The maximum absolute atomic E-state index is 12.0. The first-order valence-electron chi connectivity index (χ1n) is 5.48. The van der Waals surface area contributed by atoms with Gasteiger partial charge in [0.2, 0.25) is 0 Å². The van der Waals surface area contributed by atoms with Crippen LogP contribution < -0.4 is 15.6 Å². The number of hydrogen-bond donors (Lipinski definition) is 3. The number of para-hydroxylation sites is 2. The van der Waals surface area contributed by atoms with Gasteiger partial charge in [-0.1, -0.05) is 12.1 Å². The van der Waals surface area contributed by atoms with Crippen LogP contribution in [0, 0.1) is 0 Å². The summed E-state index contributed by atoms with van der Waals surface area (Å²) in [6.45, 7) is 0. The molecule has 6 heteroatoms. The first-order chi connectivity index (χ1) is 9.10. The Morgan fingerprint density at radius 1 is 1.32 bits per heavy atom. The number of anilines is 1. The van der Waals surface area contributed by atoms with Gasteiger partial charge in [0, 0.05) is 12.1 Å². The number of aromatic hydroxyl groups is 1. The van der Waals surface area contributed by atoms with E-state index in [1.807, 2.05) is 0 Å². The largest absolute Gasteiger partial charge is 0.495 e. The van der Waals surface area contributed by atoms with Gasteiger partial charge in [-0.3, -0.25) is 14.6 Å². The average molecular weight is 260 g/mol. The lowest BCUT2D eigenvalue weighted by Gasteiger charge is -2.09. The van der Waals surface area contributed by atoms with Crippen molar-refractivity contribution in [2.45, 2.75) is 0 Å². The molecule has 0 saturated heterocycles. The van der Waals surface area contributed by atoms with E-state index in [9.17, 15) is 14.7 Å². The van der Waals surface area contributed by atoms with Crippen molar-refractivity contribution in [3.63, 3.8) is 0 Å². The quantitative estimate of drug-likeness (QED) is 0.776. The van der Waals surface area contributed by atoms with Crippen molar-refractivity contribution in [2.75, 3.05) is 12.4 Å². The Hall–Kier alpha value is -2.76. The Morgan fingerprint density at radius 3 is 2.74 bits per heavy atom. The lowest BCUT2D eigenvalue weighted by Crippen LogP contribution is -2.16. The Bertz CT molecular complexity index is 664. The summed E-state index contributed by atoms with van der Waals surface area (Å²) in [5.41, 5.74) is -0.00731. The molecule has 98 valence electrons. The number of rotatable bonds is 3. The number of ether oxygens (including phenoxy) is 1. The monoisotopic (exact) mass is 260 g/mol. The highest BCUT2D eigenvalue weighted by molar-refractivity contribution is 6.05. The van der Waals surface area contributed by atoms with Gasteiger partial charge < -0.3 is 15.2 Å². The molecule has 0 saturated carbocycles. The number of H-pyrrole nitrogens is 1. The zero-order valence-electron chi connectivity index (χ0n) is 10.1. The molecule has 0 aliphatic rings. The molecule has 0 atom stereocenters. The third kappa shape index (κ3) is 2.92. The number of amides is 1. The molecule has 3 N–H and O–H groups in total. The number of methoxy groups -OCH3 is 1. The van der Waals surface area contributed by atoms with Crippen LogP contribution in [0.5, 0.6) is 11.6 Å². The number of aromatic nitrogens is 1. The molecule has 19 heavy (non-hydrogen) atoms. The van der Waals surface area contributed by atoms with E-state index in [0.29, 0.717) is 11.4 Å². The number of carbonyl (C=O) groups is 1. The van der Waals surface area contributed by atoms with Crippen molar-refractivity contribution in [1.82, 2.24) is 4.98 Å². The fourth-order valence-electron chi connectivity index (χ4n) is 1.60. The molecule has 1 amide bonds. The minimum absolute atomic E-state index is 0.0622. The number of benzene rings is 1. The van der Waals surface area contributed by atoms with Crippen molar-refractivity contribution < 1.29 is 14.6 Å². The molecule has 0 aliphatic heterocycles. The molecule has 2 rings (SSSR count). The van der Waals surface area contributed by atoms with Gasteiger partial charge in [-0.15, -0.1) is 0 Å². The summed E-state index contributed by atoms with van der Waals surface area (Å²) in [5.74, 6) is -0.367. The van der Waals surface area contributed by atoms with Gasteiger partial charge in [-0.25, -0.2) is 0 Å². The lowest BCUT2D eigenvalue weighted by atomic mass is 10.2. The van der Waals surface area contributed by atoms with Crippen LogP contribution in [0.4, 0.5) is 5.69 Å². The van der Waals surface area contributed by atoms with E-state index in [4.69, 9.17) is 4.74 Å². The predicted octanol–water partition coefficient (Wildman–Crippen LogP) is 1.34. The maximum atomic E-state index is 12.0. The third-order valence-corrected chi connectivity index (χ3v) is 2.45. The molecule has 2 aromatic rings. The van der Waals surface area contributed by atoms with E-state index in [-0.39, 0.29) is 11.4 Å². The first-order valence-corrected chi connectivity index (χ1v) is 5.48. The molecular formula is C13H12N2O4. The number of hydrogen-bond acceptors (Lipinski definition) is 4. The Morgan fingerprint density at radius 2 is 2.05 bits per heavy atom. The summed E-state index contributed by atoms with van der Waals surface area (Å²) in [6.07, 6.45) is 0. The Kier molecular flexibility index (Phi) is 3.51. The van der Waals surface area contributed by atoms with Gasteiger partial charge in [0.1, 0.15) is 5.75 Å². The summed E-state index contributed by atoms with van der Waals surface area (Å²) in [6, 6.07) is 9.16. The topological polar surface area (TPSA) is 91.4 Å². The standard InChI is InChI=1S/C13H12N2O4/c1-19-10-5-3-2-4-9(10)14-13(18)8-6-11(16)15-12(17)7-8/h2-7H,1H3,(H,14,18)(H2,15,16,17). The molecule has 1 heterocycles. The number of pyridine rings is 1. The molecule has 0 fully saturated rings. The fourth-order valence-corrected chi connectivity index (χ4v) is 1.60. The van der Waals surface area contributed by atoms with Crippen LogP contribution in [-0.4, -0.2) is 23.1 Å². The number of nitrogens with one attached hydrogen (secondary N) is 2. The predicted molar refractivity (Wildman–Crippen MR) is 69.7 cm³/mol. The molecule has 1 aromatic carbocycles. The van der Waals surface area contributed by atoms with Gasteiger partial charge >= 0.3 is 0 Å². The summed E-state index contributed by atoms with van der Waals surface area (Å²) >= 11 is 0. The normalized spacial score (nSPS) is 9.95. The second kappa shape index (κ2) is 5.26. The van der Waals surface area contributed by atoms with Crippen LogP contribution in [0.25, 0.3) is 0 Å². The van der Waals surface area contributed by atoms with Crippen molar-refractivity contribution in [3.8, 4) is 11.6 Å². The molecule has 1 aromatic heterocycles. The molecule has 6 nitrogen and oxygen atoms in total. The van der Waals surface area contributed by atoms with Crippen LogP contribution in [0.1, 0.15) is 10.4 Å². The Balaban J connectivity index is 2.28.